The summed E-state index contributed by atoms with van der Waals surface area (Å²) < 4.78 is 22.4. The molecule has 0 aromatic heterocycles. The molecule has 2 aromatic carbocycles. The lowest BCUT2D eigenvalue weighted by Crippen LogP contribution is -2.67. The lowest BCUT2D eigenvalue weighted by Gasteiger charge is -2.43. The van der Waals surface area contributed by atoms with E-state index in [1.807, 2.05) is 36.4 Å². The summed E-state index contributed by atoms with van der Waals surface area (Å²) in [7, 11) is -2.66. The van der Waals surface area contributed by atoms with Crippen LogP contribution in [0.1, 0.15) is 33.6 Å². The van der Waals surface area contributed by atoms with Gasteiger partial charge in [0.1, 0.15) is 12.6 Å². The zero-order valence-electron chi connectivity index (χ0n) is 26.3. The third-order valence-corrected chi connectivity index (χ3v) is 12.4. The summed E-state index contributed by atoms with van der Waals surface area (Å²) >= 11 is 0. The SMILES string of the molecule is CC(C)(C)[Si](OCCNC(=O)COCCOCCNC(=O)[C@@H](N)CC(=O)N[C@H]1CCOC1=O)(c1ccccc1)c1ccccc1. The topological polar surface area (TPSA) is 167 Å². The molecule has 1 fully saturated rings. The average molecular weight is 643 g/mol. The Morgan fingerprint density at radius 3 is 2.07 bits per heavy atom. The number of nitrogens with one attached hydrogen (secondary N) is 3. The fourth-order valence-corrected chi connectivity index (χ4v) is 9.71. The van der Waals surface area contributed by atoms with E-state index in [1.165, 1.54) is 10.4 Å². The van der Waals surface area contributed by atoms with Crippen LogP contribution in [0, 0.1) is 0 Å². The molecule has 0 radical (unpaired) electrons. The number of amides is 3. The Balaban J connectivity index is 1.29. The van der Waals surface area contributed by atoms with Crippen LogP contribution >= 0.6 is 0 Å². The molecule has 12 nitrogen and oxygen atoms in total. The molecule has 1 aliphatic heterocycles. The number of esters is 1. The van der Waals surface area contributed by atoms with Crippen LogP contribution in [0.5, 0.6) is 0 Å². The minimum Gasteiger partial charge on any atom is -0.464 e. The predicted molar refractivity (Wildman–Crippen MR) is 171 cm³/mol. The molecule has 3 amide bonds. The van der Waals surface area contributed by atoms with Gasteiger partial charge in [-0.05, 0) is 15.4 Å². The molecule has 0 aliphatic carbocycles. The van der Waals surface area contributed by atoms with Crippen LogP contribution in [-0.4, -0.2) is 96.8 Å². The third kappa shape index (κ3) is 10.7. The number of rotatable bonds is 18. The van der Waals surface area contributed by atoms with Gasteiger partial charge in [0, 0.05) is 19.5 Å². The van der Waals surface area contributed by atoms with Crippen molar-refractivity contribution in [1.82, 2.24) is 16.0 Å². The Bertz CT molecular complexity index is 1200. The Labute approximate surface area is 265 Å². The zero-order chi connectivity index (χ0) is 32.7. The van der Waals surface area contributed by atoms with E-state index in [0.717, 1.165) is 0 Å². The first-order valence-corrected chi connectivity index (χ1v) is 17.1. The maximum Gasteiger partial charge on any atom is 0.328 e. The van der Waals surface area contributed by atoms with Crippen molar-refractivity contribution in [2.75, 3.05) is 52.7 Å². The van der Waals surface area contributed by atoms with Gasteiger partial charge in [-0.1, -0.05) is 81.4 Å². The standard InChI is InChI=1S/C32H46N4O8Si/c1-32(2,3)45(24-10-6-4-7-11-24,25-12-8-5-9-13-25)44-19-16-34-29(38)23-42-21-20-41-18-15-35-30(39)26(33)22-28(37)36-27-14-17-43-31(27)40/h4-13,26-27H,14-23,33H2,1-3H3,(H,34,38)(H,35,39)(H,36,37)/t26-,27-/m0/s1. The first-order chi connectivity index (χ1) is 21.5. The Morgan fingerprint density at radius 1 is 0.889 bits per heavy atom. The van der Waals surface area contributed by atoms with Crippen LogP contribution < -0.4 is 32.1 Å². The number of cyclic esters (lactones) is 1. The van der Waals surface area contributed by atoms with E-state index >= 15 is 0 Å². The average Bonchev–Trinajstić information content (AvgIpc) is 3.42. The summed E-state index contributed by atoms with van der Waals surface area (Å²) in [6.45, 7) is 8.28. The number of nitrogens with two attached hydrogens (primary N) is 1. The molecule has 5 N–H and O–H groups in total. The summed E-state index contributed by atoms with van der Waals surface area (Å²) in [5.74, 6) is -1.74. The minimum atomic E-state index is -2.66. The lowest BCUT2D eigenvalue weighted by molar-refractivity contribution is -0.141. The van der Waals surface area contributed by atoms with E-state index in [4.69, 9.17) is 24.4 Å². The summed E-state index contributed by atoms with van der Waals surface area (Å²) in [6.07, 6.45) is 0.147. The normalized spacial score (nSPS) is 15.6. The van der Waals surface area contributed by atoms with Crippen molar-refractivity contribution in [3.63, 3.8) is 0 Å². The second-order valence-electron chi connectivity index (χ2n) is 11.7. The van der Waals surface area contributed by atoms with E-state index in [-0.39, 0.29) is 56.9 Å². The number of carbonyl (C=O) groups is 4. The minimum absolute atomic E-state index is 0.116. The van der Waals surface area contributed by atoms with Gasteiger partial charge in [0.2, 0.25) is 17.7 Å². The Hall–Kier alpha value is -3.62. The largest absolute Gasteiger partial charge is 0.464 e. The van der Waals surface area contributed by atoms with Crippen LogP contribution in [0.2, 0.25) is 5.04 Å². The number of hydrogen-bond donors (Lipinski definition) is 4. The second kappa shape index (κ2) is 17.8. The molecule has 45 heavy (non-hydrogen) atoms. The third-order valence-electron chi connectivity index (χ3n) is 7.32. The van der Waals surface area contributed by atoms with Gasteiger partial charge in [-0.3, -0.25) is 14.4 Å². The number of hydrogen-bond acceptors (Lipinski definition) is 9. The maximum absolute atomic E-state index is 12.3. The Kier molecular flexibility index (Phi) is 14.1. The van der Waals surface area contributed by atoms with Crippen molar-refractivity contribution in [2.45, 2.75) is 50.7 Å². The molecule has 2 aromatic rings. The molecule has 13 heteroatoms. The first kappa shape index (κ1) is 35.9. The fraction of sp³-hybridized carbons (Fsp3) is 0.500. The highest BCUT2D eigenvalue weighted by Gasteiger charge is 2.50. The van der Waals surface area contributed by atoms with Crippen LogP contribution in [-0.2, 0) is 37.8 Å². The van der Waals surface area contributed by atoms with E-state index in [2.05, 4.69) is 61.0 Å². The van der Waals surface area contributed by atoms with E-state index in [9.17, 15) is 19.2 Å². The molecule has 0 unspecified atom stereocenters. The van der Waals surface area contributed by atoms with Crippen LogP contribution in [0.15, 0.2) is 60.7 Å². The molecule has 0 bridgehead atoms. The van der Waals surface area contributed by atoms with Gasteiger partial charge in [-0.25, -0.2) is 4.79 Å². The van der Waals surface area contributed by atoms with Gasteiger partial charge in [0.05, 0.1) is 45.5 Å². The number of benzene rings is 2. The van der Waals surface area contributed by atoms with Crippen molar-refractivity contribution in [2.24, 2.45) is 5.73 Å². The molecule has 1 saturated heterocycles. The highest BCUT2D eigenvalue weighted by atomic mass is 28.4. The maximum atomic E-state index is 12.3. The van der Waals surface area contributed by atoms with Gasteiger partial charge >= 0.3 is 5.97 Å². The van der Waals surface area contributed by atoms with E-state index < -0.39 is 38.2 Å². The van der Waals surface area contributed by atoms with Crippen molar-refractivity contribution in [3.05, 3.63) is 60.7 Å². The van der Waals surface area contributed by atoms with Crippen molar-refractivity contribution in [3.8, 4) is 0 Å². The summed E-state index contributed by atoms with van der Waals surface area (Å²) in [5.41, 5.74) is 5.78. The lowest BCUT2D eigenvalue weighted by atomic mass is 10.1. The fourth-order valence-electron chi connectivity index (χ4n) is 5.14. The van der Waals surface area contributed by atoms with Crippen molar-refractivity contribution in [1.29, 1.82) is 0 Å². The molecule has 1 heterocycles. The predicted octanol–water partition coefficient (Wildman–Crippen LogP) is -0.0223. The zero-order valence-corrected chi connectivity index (χ0v) is 27.3. The molecular weight excluding hydrogens is 596 g/mol. The number of ether oxygens (including phenoxy) is 3. The van der Waals surface area contributed by atoms with Crippen LogP contribution in [0.25, 0.3) is 0 Å². The highest BCUT2D eigenvalue weighted by Crippen LogP contribution is 2.36. The number of carbonyl (C=O) groups excluding carboxylic acids is 4. The van der Waals surface area contributed by atoms with Gasteiger partial charge in [0.25, 0.3) is 8.32 Å². The summed E-state index contributed by atoms with van der Waals surface area (Å²) in [5, 5.41) is 10.2. The molecule has 0 spiro atoms. The monoisotopic (exact) mass is 642 g/mol. The van der Waals surface area contributed by atoms with Crippen LogP contribution in [0.4, 0.5) is 0 Å². The Morgan fingerprint density at radius 2 is 1.49 bits per heavy atom. The molecule has 246 valence electrons. The molecule has 3 rings (SSSR count). The van der Waals surface area contributed by atoms with Crippen molar-refractivity contribution >= 4 is 42.4 Å². The smallest absolute Gasteiger partial charge is 0.328 e. The van der Waals surface area contributed by atoms with Gasteiger partial charge < -0.3 is 40.3 Å². The van der Waals surface area contributed by atoms with E-state index in [1.54, 1.807) is 0 Å². The molecular formula is C32H46N4O8Si. The molecule has 0 saturated carbocycles. The van der Waals surface area contributed by atoms with Gasteiger partial charge in [-0.15, -0.1) is 0 Å². The molecule has 1 aliphatic rings. The van der Waals surface area contributed by atoms with Gasteiger partial charge in [0.15, 0.2) is 0 Å². The van der Waals surface area contributed by atoms with Crippen molar-refractivity contribution < 1.29 is 37.8 Å². The quantitative estimate of drug-likeness (QED) is 0.0993. The van der Waals surface area contributed by atoms with Crippen LogP contribution in [0.3, 0.4) is 0 Å². The highest BCUT2D eigenvalue weighted by molar-refractivity contribution is 6.99. The first-order valence-electron chi connectivity index (χ1n) is 15.2. The van der Waals surface area contributed by atoms with E-state index in [0.29, 0.717) is 19.6 Å². The molecule has 2 atom stereocenters. The summed E-state index contributed by atoms with van der Waals surface area (Å²) in [4.78, 5) is 47.9. The summed E-state index contributed by atoms with van der Waals surface area (Å²) in [6, 6.07) is 18.9. The van der Waals surface area contributed by atoms with Gasteiger partial charge in [-0.2, -0.15) is 0 Å². The second-order valence-corrected chi connectivity index (χ2v) is 16.0.